The van der Waals surface area contributed by atoms with Gasteiger partial charge in [-0.05, 0) is 70.1 Å². The molecular weight excluding hydrogens is 460 g/mol. The van der Waals surface area contributed by atoms with Crippen LogP contribution in [0.5, 0.6) is 0 Å². The van der Waals surface area contributed by atoms with Crippen LogP contribution in [-0.2, 0) is 31.1 Å². The largest absolute Gasteiger partial charge is 0.342 e. The lowest BCUT2D eigenvalue weighted by molar-refractivity contribution is -0.131. The van der Waals surface area contributed by atoms with Gasteiger partial charge in [0.1, 0.15) is 0 Å². The Morgan fingerprint density at radius 3 is 2.06 bits per heavy atom. The number of carbonyl (C=O) groups excluding carboxylic acids is 1. The molecule has 0 spiro atoms. The fourth-order valence-electron chi connectivity index (χ4n) is 4.49. The van der Waals surface area contributed by atoms with E-state index in [9.17, 15) is 21.6 Å². The standard InChI is InChI=1S/C24H38N2O5S2/c1-24(2,3)32(28,29)18-20-13-15-26(16-14-20)23(27)17-19-9-11-22(12-10-19)33(30,31)25-21-7-5-4-6-8-21/h9-12,20-21,25H,4-8,13-18H2,1-3H3. The van der Waals surface area contributed by atoms with Crippen LogP contribution >= 0.6 is 0 Å². The van der Waals surface area contributed by atoms with Crippen molar-refractivity contribution in [1.29, 1.82) is 0 Å². The summed E-state index contributed by atoms with van der Waals surface area (Å²) >= 11 is 0. The minimum absolute atomic E-state index is 0.00585. The van der Waals surface area contributed by atoms with E-state index in [-0.39, 0.29) is 34.9 Å². The molecule has 1 aromatic carbocycles. The van der Waals surface area contributed by atoms with Crippen LogP contribution in [0.25, 0.3) is 0 Å². The third-order valence-corrected chi connectivity index (χ3v) is 11.2. The van der Waals surface area contributed by atoms with Crippen LogP contribution in [0.3, 0.4) is 0 Å². The van der Waals surface area contributed by atoms with E-state index in [1.807, 2.05) is 0 Å². The van der Waals surface area contributed by atoms with Crippen molar-refractivity contribution in [2.75, 3.05) is 18.8 Å². The molecule has 1 aliphatic carbocycles. The summed E-state index contributed by atoms with van der Waals surface area (Å²) in [5.41, 5.74) is 0.772. The number of rotatable bonds is 7. The highest BCUT2D eigenvalue weighted by Gasteiger charge is 2.33. The molecule has 1 aromatic rings. The van der Waals surface area contributed by atoms with E-state index in [1.54, 1.807) is 49.9 Å². The maximum Gasteiger partial charge on any atom is 0.240 e. The molecule has 1 N–H and O–H groups in total. The van der Waals surface area contributed by atoms with E-state index in [1.165, 1.54) is 0 Å². The van der Waals surface area contributed by atoms with Gasteiger partial charge in [0.2, 0.25) is 15.9 Å². The predicted molar refractivity (Wildman–Crippen MR) is 130 cm³/mol. The third-order valence-electron chi connectivity index (χ3n) is 6.87. The van der Waals surface area contributed by atoms with Gasteiger partial charge in [0.25, 0.3) is 0 Å². The number of sulfonamides is 1. The number of nitrogens with one attached hydrogen (secondary N) is 1. The summed E-state index contributed by atoms with van der Waals surface area (Å²) in [6.45, 7) is 6.29. The Morgan fingerprint density at radius 2 is 1.52 bits per heavy atom. The van der Waals surface area contributed by atoms with Gasteiger partial charge in [-0.15, -0.1) is 0 Å². The van der Waals surface area contributed by atoms with E-state index < -0.39 is 24.6 Å². The maximum absolute atomic E-state index is 12.7. The van der Waals surface area contributed by atoms with Gasteiger partial charge in [0.05, 0.1) is 21.8 Å². The fourth-order valence-corrected chi connectivity index (χ4v) is 7.25. The van der Waals surface area contributed by atoms with Crippen LogP contribution in [0.1, 0.15) is 71.3 Å². The molecule has 3 rings (SSSR count). The van der Waals surface area contributed by atoms with E-state index in [2.05, 4.69) is 4.72 Å². The van der Waals surface area contributed by atoms with Gasteiger partial charge in [0.15, 0.2) is 9.84 Å². The van der Waals surface area contributed by atoms with Crippen molar-refractivity contribution in [3.05, 3.63) is 29.8 Å². The molecule has 0 aromatic heterocycles. The zero-order chi connectivity index (χ0) is 24.3. The Hall–Kier alpha value is -1.45. The van der Waals surface area contributed by atoms with Crippen molar-refractivity contribution >= 4 is 25.8 Å². The molecule has 1 saturated heterocycles. The number of benzene rings is 1. The van der Waals surface area contributed by atoms with Crippen molar-refractivity contribution in [2.45, 2.75) is 87.8 Å². The number of likely N-dealkylation sites (tertiary alicyclic amines) is 1. The number of sulfone groups is 1. The van der Waals surface area contributed by atoms with Crippen LogP contribution in [-0.4, -0.2) is 57.3 Å². The lowest BCUT2D eigenvalue weighted by atomic mass is 9.96. The number of piperidine rings is 1. The van der Waals surface area contributed by atoms with Crippen molar-refractivity contribution in [2.24, 2.45) is 5.92 Å². The van der Waals surface area contributed by atoms with Gasteiger partial charge in [-0.25, -0.2) is 21.6 Å². The first-order valence-electron chi connectivity index (χ1n) is 12.0. The summed E-state index contributed by atoms with van der Waals surface area (Å²) < 4.78 is 52.3. The Morgan fingerprint density at radius 1 is 0.939 bits per heavy atom. The van der Waals surface area contributed by atoms with Crippen molar-refractivity contribution in [3.8, 4) is 0 Å². The molecule has 0 radical (unpaired) electrons. The number of hydrogen-bond acceptors (Lipinski definition) is 5. The Bertz CT molecular complexity index is 1010. The van der Waals surface area contributed by atoms with Crippen LogP contribution in [0.15, 0.2) is 29.2 Å². The Kier molecular flexibility index (Phi) is 8.28. The molecule has 1 heterocycles. The predicted octanol–water partition coefficient (Wildman–Crippen LogP) is 3.29. The number of hydrogen-bond donors (Lipinski definition) is 1. The summed E-state index contributed by atoms with van der Waals surface area (Å²) in [7, 11) is -6.72. The minimum atomic E-state index is -3.55. The first-order valence-corrected chi connectivity index (χ1v) is 15.1. The van der Waals surface area contributed by atoms with Crippen LogP contribution in [0.4, 0.5) is 0 Å². The second-order valence-electron chi connectivity index (χ2n) is 10.5. The highest BCUT2D eigenvalue weighted by Crippen LogP contribution is 2.25. The average Bonchev–Trinajstić information content (AvgIpc) is 2.74. The zero-order valence-corrected chi connectivity index (χ0v) is 21.7. The fraction of sp³-hybridized carbons (Fsp3) is 0.708. The maximum atomic E-state index is 12.7. The van der Waals surface area contributed by atoms with Crippen LogP contribution in [0, 0.1) is 5.92 Å². The van der Waals surface area contributed by atoms with Crippen molar-refractivity contribution < 1.29 is 21.6 Å². The molecular formula is C24H38N2O5S2. The second kappa shape index (κ2) is 10.4. The first-order chi connectivity index (χ1) is 15.4. The summed E-state index contributed by atoms with van der Waals surface area (Å²) in [6, 6.07) is 6.55. The number of amides is 1. The highest BCUT2D eigenvalue weighted by atomic mass is 32.2. The molecule has 1 aliphatic heterocycles. The van der Waals surface area contributed by atoms with Gasteiger partial charge in [-0.1, -0.05) is 31.4 Å². The number of carbonyl (C=O) groups is 1. The van der Waals surface area contributed by atoms with Gasteiger partial charge in [0, 0.05) is 19.1 Å². The van der Waals surface area contributed by atoms with Crippen LogP contribution in [0.2, 0.25) is 0 Å². The second-order valence-corrected chi connectivity index (χ2v) is 15.0. The molecule has 1 saturated carbocycles. The van der Waals surface area contributed by atoms with E-state index in [4.69, 9.17) is 0 Å². The monoisotopic (exact) mass is 498 g/mol. The smallest absolute Gasteiger partial charge is 0.240 e. The molecule has 186 valence electrons. The summed E-state index contributed by atoms with van der Waals surface area (Å²) in [5, 5.41) is 0. The lowest BCUT2D eigenvalue weighted by Gasteiger charge is -2.33. The lowest BCUT2D eigenvalue weighted by Crippen LogP contribution is -2.42. The molecule has 0 unspecified atom stereocenters. The molecule has 9 heteroatoms. The molecule has 2 fully saturated rings. The quantitative estimate of drug-likeness (QED) is 0.622. The molecule has 1 amide bonds. The normalized spacial score (nSPS) is 19.5. The topological polar surface area (TPSA) is 101 Å². The third kappa shape index (κ3) is 7.02. The average molecular weight is 499 g/mol. The minimum Gasteiger partial charge on any atom is -0.342 e. The van der Waals surface area contributed by atoms with E-state index in [0.29, 0.717) is 25.9 Å². The van der Waals surface area contributed by atoms with Gasteiger partial charge < -0.3 is 4.90 Å². The number of nitrogens with zero attached hydrogens (tertiary/aromatic N) is 1. The highest BCUT2D eigenvalue weighted by molar-refractivity contribution is 7.92. The van der Waals surface area contributed by atoms with Crippen molar-refractivity contribution in [1.82, 2.24) is 9.62 Å². The van der Waals surface area contributed by atoms with E-state index >= 15 is 0 Å². The molecule has 0 atom stereocenters. The van der Waals surface area contributed by atoms with Gasteiger partial charge in [-0.2, -0.15) is 0 Å². The first kappa shape index (κ1) is 26.2. The van der Waals surface area contributed by atoms with E-state index in [0.717, 1.165) is 37.7 Å². The summed E-state index contributed by atoms with van der Waals surface area (Å²) in [4.78, 5) is 14.8. The molecule has 0 bridgehead atoms. The summed E-state index contributed by atoms with van der Waals surface area (Å²) in [6.07, 6.45) is 6.61. The van der Waals surface area contributed by atoms with Crippen molar-refractivity contribution in [3.63, 3.8) is 0 Å². The SMILES string of the molecule is CC(C)(C)S(=O)(=O)CC1CCN(C(=O)Cc2ccc(S(=O)(=O)NC3CCCCC3)cc2)CC1. The van der Waals surface area contributed by atoms with Crippen LogP contribution < -0.4 is 4.72 Å². The zero-order valence-electron chi connectivity index (χ0n) is 20.0. The molecule has 7 nitrogen and oxygen atoms in total. The van der Waals surface area contributed by atoms with Gasteiger partial charge in [-0.3, -0.25) is 4.79 Å². The molecule has 2 aliphatic rings. The Balaban J connectivity index is 1.51. The molecule has 33 heavy (non-hydrogen) atoms. The van der Waals surface area contributed by atoms with Gasteiger partial charge >= 0.3 is 0 Å². The summed E-state index contributed by atoms with van der Waals surface area (Å²) in [5.74, 6) is 0.242. The Labute approximate surface area is 199 Å².